The zero-order valence-corrected chi connectivity index (χ0v) is 7.77. The van der Waals surface area contributed by atoms with Gasteiger partial charge in [-0.05, 0) is 18.8 Å². The molecule has 0 aromatic rings. The van der Waals surface area contributed by atoms with E-state index in [4.69, 9.17) is 11.6 Å². The van der Waals surface area contributed by atoms with E-state index in [1.165, 1.54) is 6.42 Å². The van der Waals surface area contributed by atoms with Crippen molar-refractivity contribution in [2.45, 2.75) is 24.6 Å². The lowest BCUT2D eigenvalue weighted by Crippen LogP contribution is -2.37. The van der Waals surface area contributed by atoms with E-state index in [0.29, 0.717) is 5.92 Å². The molecule has 0 aromatic carbocycles. The molecule has 1 atom stereocenters. The molecule has 1 aliphatic rings. The summed E-state index contributed by atoms with van der Waals surface area (Å²) in [6.07, 6.45) is 3.47. The molecular weight excluding hydrogens is 162 g/mol. The topological polar surface area (TPSA) is 20.3 Å². The van der Waals surface area contributed by atoms with E-state index in [9.17, 15) is 4.79 Å². The molecule has 0 aliphatic heterocycles. The molecule has 0 aromatic heterocycles. The predicted molar refractivity (Wildman–Crippen MR) is 45.7 cm³/mol. The Labute approximate surface area is 72.5 Å². The summed E-state index contributed by atoms with van der Waals surface area (Å²) >= 11 is 5.94. The van der Waals surface area contributed by atoms with E-state index in [1.54, 1.807) is 19.0 Å². The molecule has 1 fully saturated rings. The molecule has 0 N–H and O–H groups in total. The lowest BCUT2D eigenvalue weighted by molar-refractivity contribution is -0.129. The molecular formula is C8H14ClNO. The van der Waals surface area contributed by atoms with Gasteiger partial charge in [0.2, 0.25) is 5.91 Å². The number of halogens is 1. The van der Waals surface area contributed by atoms with Crippen LogP contribution in [0.1, 0.15) is 19.3 Å². The van der Waals surface area contributed by atoms with Crippen LogP contribution in [0.15, 0.2) is 0 Å². The standard InChI is InChI=1S/C8H14ClNO/c1-10(2)8(11)7(9)6-4-3-5-6/h6-7H,3-5H2,1-2H3. The number of nitrogens with zero attached hydrogens (tertiary/aromatic N) is 1. The first-order chi connectivity index (χ1) is 5.13. The third kappa shape index (κ3) is 1.86. The highest BCUT2D eigenvalue weighted by atomic mass is 35.5. The minimum Gasteiger partial charge on any atom is -0.348 e. The summed E-state index contributed by atoms with van der Waals surface area (Å²) in [6.45, 7) is 0. The van der Waals surface area contributed by atoms with Gasteiger partial charge >= 0.3 is 0 Å². The number of rotatable bonds is 2. The molecule has 1 rings (SSSR count). The summed E-state index contributed by atoms with van der Waals surface area (Å²) < 4.78 is 0. The van der Waals surface area contributed by atoms with Gasteiger partial charge in [0.15, 0.2) is 0 Å². The summed E-state index contributed by atoms with van der Waals surface area (Å²) in [5.74, 6) is 0.489. The molecule has 11 heavy (non-hydrogen) atoms. The lowest BCUT2D eigenvalue weighted by atomic mass is 9.82. The van der Waals surface area contributed by atoms with Crippen LogP contribution in [0.25, 0.3) is 0 Å². The van der Waals surface area contributed by atoms with Gasteiger partial charge < -0.3 is 4.90 Å². The van der Waals surface area contributed by atoms with Crippen LogP contribution in [-0.4, -0.2) is 30.3 Å². The molecule has 0 heterocycles. The fourth-order valence-electron chi connectivity index (χ4n) is 1.18. The van der Waals surface area contributed by atoms with Crippen LogP contribution >= 0.6 is 11.6 Å². The summed E-state index contributed by atoms with van der Waals surface area (Å²) in [5, 5.41) is -0.279. The fraction of sp³-hybridized carbons (Fsp3) is 0.875. The zero-order chi connectivity index (χ0) is 8.43. The van der Waals surface area contributed by atoms with Gasteiger partial charge in [-0.1, -0.05) is 6.42 Å². The Morgan fingerprint density at radius 1 is 1.55 bits per heavy atom. The highest BCUT2D eigenvalue weighted by Gasteiger charge is 2.31. The summed E-state index contributed by atoms with van der Waals surface area (Å²) in [4.78, 5) is 12.8. The number of alkyl halides is 1. The normalized spacial score (nSPS) is 20.6. The van der Waals surface area contributed by atoms with Gasteiger partial charge in [-0.25, -0.2) is 0 Å². The van der Waals surface area contributed by atoms with Crippen LogP contribution in [0, 0.1) is 5.92 Å². The number of carbonyl (C=O) groups excluding carboxylic acids is 1. The maximum atomic E-state index is 11.3. The summed E-state index contributed by atoms with van der Waals surface area (Å²) in [6, 6.07) is 0. The largest absolute Gasteiger partial charge is 0.348 e. The summed E-state index contributed by atoms with van der Waals surface area (Å²) in [5.41, 5.74) is 0. The Bertz CT molecular complexity index is 154. The smallest absolute Gasteiger partial charge is 0.240 e. The Hall–Kier alpha value is -0.240. The Morgan fingerprint density at radius 2 is 2.09 bits per heavy atom. The van der Waals surface area contributed by atoms with Gasteiger partial charge in [0.05, 0.1) is 0 Å². The number of hydrogen-bond acceptors (Lipinski definition) is 1. The van der Waals surface area contributed by atoms with E-state index in [2.05, 4.69) is 0 Å². The molecule has 1 amide bonds. The second kappa shape index (κ2) is 3.44. The van der Waals surface area contributed by atoms with Crippen LogP contribution < -0.4 is 0 Å². The molecule has 0 bridgehead atoms. The fourth-order valence-corrected chi connectivity index (χ4v) is 1.63. The van der Waals surface area contributed by atoms with Crippen molar-refractivity contribution in [3.63, 3.8) is 0 Å². The van der Waals surface area contributed by atoms with Gasteiger partial charge in [0.25, 0.3) is 0 Å². The van der Waals surface area contributed by atoms with Crippen LogP contribution in [0.3, 0.4) is 0 Å². The van der Waals surface area contributed by atoms with Crippen molar-refractivity contribution in [2.75, 3.05) is 14.1 Å². The second-order valence-corrected chi connectivity index (χ2v) is 3.80. The SMILES string of the molecule is CN(C)C(=O)C(Cl)C1CCC1. The first-order valence-electron chi connectivity index (χ1n) is 3.98. The molecule has 2 nitrogen and oxygen atoms in total. The van der Waals surface area contributed by atoms with Crippen LogP contribution in [0.2, 0.25) is 0 Å². The third-order valence-corrected chi connectivity index (χ3v) is 2.78. The van der Waals surface area contributed by atoms with Crippen LogP contribution in [-0.2, 0) is 4.79 Å². The van der Waals surface area contributed by atoms with Crippen molar-refractivity contribution in [1.29, 1.82) is 0 Å². The minimum absolute atomic E-state index is 0.0522. The molecule has 1 aliphatic carbocycles. The predicted octanol–water partition coefficient (Wildman–Crippen LogP) is 1.48. The van der Waals surface area contributed by atoms with E-state index in [-0.39, 0.29) is 11.3 Å². The summed E-state index contributed by atoms with van der Waals surface area (Å²) in [7, 11) is 3.49. The lowest BCUT2D eigenvalue weighted by Gasteiger charge is -2.30. The number of hydrogen-bond donors (Lipinski definition) is 0. The molecule has 1 saturated carbocycles. The van der Waals surface area contributed by atoms with E-state index >= 15 is 0 Å². The molecule has 3 heteroatoms. The molecule has 0 spiro atoms. The third-order valence-electron chi connectivity index (χ3n) is 2.24. The minimum atomic E-state index is -0.279. The van der Waals surface area contributed by atoms with E-state index in [1.807, 2.05) is 0 Å². The van der Waals surface area contributed by atoms with Gasteiger partial charge in [0, 0.05) is 14.1 Å². The van der Waals surface area contributed by atoms with E-state index in [0.717, 1.165) is 12.8 Å². The number of amides is 1. The average molecular weight is 176 g/mol. The van der Waals surface area contributed by atoms with Gasteiger partial charge in [-0.15, -0.1) is 11.6 Å². The first kappa shape index (κ1) is 8.85. The molecule has 0 saturated heterocycles. The van der Waals surface area contributed by atoms with Crippen molar-refractivity contribution < 1.29 is 4.79 Å². The quantitative estimate of drug-likeness (QED) is 0.583. The average Bonchev–Trinajstić information content (AvgIpc) is 1.82. The first-order valence-corrected chi connectivity index (χ1v) is 4.42. The highest BCUT2D eigenvalue weighted by molar-refractivity contribution is 6.30. The zero-order valence-electron chi connectivity index (χ0n) is 7.01. The van der Waals surface area contributed by atoms with Crippen molar-refractivity contribution >= 4 is 17.5 Å². The van der Waals surface area contributed by atoms with Crippen molar-refractivity contribution in [1.82, 2.24) is 4.90 Å². The second-order valence-electron chi connectivity index (χ2n) is 3.33. The maximum Gasteiger partial charge on any atom is 0.240 e. The van der Waals surface area contributed by atoms with Crippen molar-refractivity contribution in [3.8, 4) is 0 Å². The molecule has 64 valence electrons. The number of carbonyl (C=O) groups is 1. The van der Waals surface area contributed by atoms with Gasteiger partial charge in [0.1, 0.15) is 5.38 Å². The Morgan fingerprint density at radius 3 is 2.36 bits per heavy atom. The molecule has 0 radical (unpaired) electrons. The monoisotopic (exact) mass is 175 g/mol. The van der Waals surface area contributed by atoms with Crippen molar-refractivity contribution in [3.05, 3.63) is 0 Å². The van der Waals surface area contributed by atoms with Crippen molar-refractivity contribution in [2.24, 2.45) is 5.92 Å². The van der Waals surface area contributed by atoms with Crippen LogP contribution in [0.5, 0.6) is 0 Å². The van der Waals surface area contributed by atoms with Gasteiger partial charge in [-0.3, -0.25) is 4.79 Å². The highest BCUT2D eigenvalue weighted by Crippen LogP contribution is 2.32. The van der Waals surface area contributed by atoms with Gasteiger partial charge in [-0.2, -0.15) is 0 Å². The maximum absolute atomic E-state index is 11.3. The Balaban J connectivity index is 2.39. The Kier molecular flexibility index (Phi) is 2.77. The van der Waals surface area contributed by atoms with E-state index < -0.39 is 0 Å². The molecule has 1 unspecified atom stereocenters. The van der Waals surface area contributed by atoms with Crippen LogP contribution in [0.4, 0.5) is 0 Å².